The first kappa shape index (κ1) is 17.0. The molecule has 1 amide bonds. The third kappa shape index (κ3) is 4.32. The van der Waals surface area contributed by atoms with Crippen molar-refractivity contribution in [2.75, 3.05) is 11.9 Å². The monoisotopic (exact) mass is 377 g/mol. The van der Waals surface area contributed by atoms with Crippen molar-refractivity contribution in [2.45, 2.75) is 13.8 Å². The zero-order chi connectivity index (χ0) is 17.0. The summed E-state index contributed by atoms with van der Waals surface area (Å²) < 4.78 is 6.18. The Morgan fingerprint density at radius 1 is 1.17 bits per heavy atom. The number of carbonyl (C=O) groups is 2. The third-order valence-corrected chi connectivity index (χ3v) is 3.74. The zero-order valence-electron chi connectivity index (χ0n) is 12.7. The standard InChI is InChI=1S/C17H16BrNO4/c1-10-4-3-5-11(2)16(10)23-9-15(20)19-14-7-6-12(18)8-13(14)17(21)22/h3-8H,9H2,1-2H3,(H,19,20)(H,21,22). The number of aryl methyl sites for hydroxylation is 2. The molecule has 0 aromatic heterocycles. The number of carboxylic acids is 1. The van der Waals surface area contributed by atoms with Crippen LogP contribution in [0.15, 0.2) is 40.9 Å². The van der Waals surface area contributed by atoms with Gasteiger partial charge in [0.25, 0.3) is 5.91 Å². The van der Waals surface area contributed by atoms with Crippen molar-refractivity contribution in [3.63, 3.8) is 0 Å². The molecule has 0 spiro atoms. The maximum Gasteiger partial charge on any atom is 0.337 e. The Kier molecular flexibility index (Phi) is 5.39. The van der Waals surface area contributed by atoms with Crippen LogP contribution in [0.1, 0.15) is 21.5 Å². The number of hydrogen-bond acceptors (Lipinski definition) is 3. The van der Waals surface area contributed by atoms with Crippen LogP contribution in [0.25, 0.3) is 0 Å². The maximum atomic E-state index is 12.0. The molecule has 0 radical (unpaired) electrons. The molecule has 2 aromatic carbocycles. The normalized spacial score (nSPS) is 10.2. The molecule has 120 valence electrons. The molecular formula is C17H16BrNO4. The van der Waals surface area contributed by atoms with Crippen molar-refractivity contribution >= 4 is 33.5 Å². The Balaban J connectivity index is 2.07. The number of anilines is 1. The van der Waals surface area contributed by atoms with E-state index in [-0.39, 0.29) is 17.9 Å². The van der Waals surface area contributed by atoms with E-state index in [9.17, 15) is 14.7 Å². The average Bonchev–Trinajstić information content (AvgIpc) is 2.48. The molecule has 6 heteroatoms. The fraction of sp³-hybridized carbons (Fsp3) is 0.176. The van der Waals surface area contributed by atoms with Gasteiger partial charge in [0.15, 0.2) is 6.61 Å². The van der Waals surface area contributed by atoms with Gasteiger partial charge in [-0.15, -0.1) is 0 Å². The van der Waals surface area contributed by atoms with Crippen molar-refractivity contribution in [2.24, 2.45) is 0 Å². The molecule has 0 unspecified atom stereocenters. The van der Waals surface area contributed by atoms with Gasteiger partial charge >= 0.3 is 5.97 Å². The Labute approximate surface area is 142 Å². The van der Waals surface area contributed by atoms with Gasteiger partial charge in [-0.2, -0.15) is 0 Å². The molecule has 0 aliphatic heterocycles. The van der Waals surface area contributed by atoms with E-state index in [0.717, 1.165) is 11.1 Å². The van der Waals surface area contributed by atoms with Crippen LogP contribution >= 0.6 is 15.9 Å². The van der Waals surface area contributed by atoms with Crippen LogP contribution in [0, 0.1) is 13.8 Å². The molecule has 0 atom stereocenters. The van der Waals surface area contributed by atoms with E-state index in [1.165, 1.54) is 12.1 Å². The SMILES string of the molecule is Cc1cccc(C)c1OCC(=O)Nc1ccc(Br)cc1C(=O)O. The topological polar surface area (TPSA) is 75.6 Å². The number of rotatable bonds is 5. The summed E-state index contributed by atoms with van der Waals surface area (Å²) in [4.78, 5) is 23.2. The predicted molar refractivity (Wildman–Crippen MR) is 91.1 cm³/mol. The van der Waals surface area contributed by atoms with Gasteiger partial charge in [0.05, 0.1) is 11.3 Å². The summed E-state index contributed by atoms with van der Waals surface area (Å²) in [5.74, 6) is -0.869. The number of ether oxygens (including phenoxy) is 1. The summed E-state index contributed by atoms with van der Waals surface area (Å²) in [6.45, 7) is 3.61. The van der Waals surface area contributed by atoms with E-state index in [4.69, 9.17) is 4.74 Å². The molecule has 0 aliphatic carbocycles. The minimum atomic E-state index is -1.11. The fourth-order valence-corrected chi connectivity index (χ4v) is 2.51. The van der Waals surface area contributed by atoms with Gasteiger partial charge in [-0.25, -0.2) is 4.79 Å². The number of carbonyl (C=O) groups excluding carboxylic acids is 1. The highest BCUT2D eigenvalue weighted by molar-refractivity contribution is 9.10. The van der Waals surface area contributed by atoms with Gasteiger partial charge in [0.1, 0.15) is 5.75 Å². The van der Waals surface area contributed by atoms with Gasteiger partial charge in [0.2, 0.25) is 0 Å². The lowest BCUT2D eigenvalue weighted by Gasteiger charge is -2.13. The number of nitrogens with one attached hydrogen (secondary N) is 1. The number of halogens is 1. The smallest absolute Gasteiger partial charge is 0.337 e. The lowest BCUT2D eigenvalue weighted by atomic mass is 10.1. The zero-order valence-corrected chi connectivity index (χ0v) is 14.3. The lowest BCUT2D eigenvalue weighted by molar-refractivity contribution is -0.118. The summed E-state index contributed by atoms with van der Waals surface area (Å²) in [5.41, 5.74) is 2.12. The summed E-state index contributed by atoms with van der Waals surface area (Å²) in [6.07, 6.45) is 0. The molecule has 0 saturated heterocycles. The van der Waals surface area contributed by atoms with E-state index in [1.54, 1.807) is 6.07 Å². The molecule has 2 N–H and O–H groups in total. The molecule has 0 saturated carbocycles. The van der Waals surface area contributed by atoms with Crippen LogP contribution in [0.5, 0.6) is 5.75 Å². The fourth-order valence-electron chi connectivity index (χ4n) is 2.15. The second-order valence-corrected chi connectivity index (χ2v) is 5.97. The van der Waals surface area contributed by atoms with Crippen molar-refractivity contribution in [1.82, 2.24) is 0 Å². The highest BCUT2D eigenvalue weighted by Crippen LogP contribution is 2.23. The number of hydrogen-bond donors (Lipinski definition) is 2. The van der Waals surface area contributed by atoms with Crippen molar-refractivity contribution in [1.29, 1.82) is 0 Å². The van der Waals surface area contributed by atoms with Crippen LogP contribution in [0.2, 0.25) is 0 Å². The van der Waals surface area contributed by atoms with E-state index < -0.39 is 11.9 Å². The number of para-hydroxylation sites is 1. The summed E-state index contributed by atoms with van der Waals surface area (Å²) in [6, 6.07) is 10.3. The molecule has 2 rings (SSSR count). The second kappa shape index (κ2) is 7.28. The van der Waals surface area contributed by atoms with Gasteiger partial charge in [0, 0.05) is 4.47 Å². The summed E-state index contributed by atoms with van der Waals surface area (Å²) in [5, 5.41) is 11.7. The second-order valence-electron chi connectivity index (χ2n) is 5.05. The molecule has 0 fully saturated rings. The van der Waals surface area contributed by atoms with Gasteiger partial charge in [-0.1, -0.05) is 34.1 Å². The molecule has 23 heavy (non-hydrogen) atoms. The first-order valence-electron chi connectivity index (χ1n) is 6.90. The maximum absolute atomic E-state index is 12.0. The molecule has 0 heterocycles. The van der Waals surface area contributed by atoms with Crippen molar-refractivity contribution < 1.29 is 19.4 Å². The van der Waals surface area contributed by atoms with E-state index >= 15 is 0 Å². The van der Waals surface area contributed by atoms with Crippen LogP contribution in [-0.4, -0.2) is 23.6 Å². The minimum absolute atomic E-state index is 0.0137. The summed E-state index contributed by atoms with van der Waals surface area (Å²) in [7, 11) is 0. The number of amides is 1. The predicted octanol–water partition coefficient (Wildman–Crippen LogP) is 3.78. The summed E-state index contributed by atoms with van der Waals surface area (Å²) >= 11 is 3.21. The Bertz CT molecular complexity index is 738. The molecule has 0 aliphatic rings. The largest absolute Gasteiger partial charge is 0.483 e. The van der Waals surface area contributed by atoms with Gasteiger partial charge < -0.3 is 15.2 Å². The Morgan fingerprint density at radius 3 is 2.43 bits per heavy atom. The quantitative estimate of drug-likeness (QED) is 0.830. The Morgan fingerprint density at radius 2 is 1.83 bits per heavy atom. The first-order valence-corrected chi connectivity index (χ1v) is 7.69. The highest BCUT2D eigenvalue weighted by Gasteiger charge is 2.14. The Hall–Kier alpha value is -2.34. The van der Waals surface area contributed by atoms with Crippen LogP contribution in [0.4, 0.5) is 5.69 Å². The van der Waals surface area contributed by atoms with E-state index in [2.05, 4.69) is 21.2 Å². The van der Waals surface area contributed by atoms with Gasteiger partial charge in [-0.3, -0.25) is 4.79 Å². The van der Waals surface area contributed by atoms with Crippen LogP contribution in [-0.2, 0) is 4.79 Å². The molecule has 0 bridgehead atoms. The molecule has 5 nitrogen and oxygen atoms in total. The highest BCUT2D eigenvalue weighted by atomic mass is 79.9. The molecule has 2 aromatic rings. The minimum Gasteiger partial charge on any atom is -0.483 e. The first-order chi connectivity index (χ1) is 10.9. The number of benzene rings is 2. The van der Waals surface area contributed by atoms with Crippen molar-refractivity contribution in [3.8, 4) is 5.75 Å². The number of aromatic carboxylic acids is 1. The number of carboxylic acid groups (broad SMARTS) is 1. The van der Waals surface area contributed by atoms with Crippen molar-refractivity contribution in [3.05, 3.63) is 57.6 Å². The average molecular weight is 378 g/mol. The lowest BCUT2D eigenvalue weighted by Crippen LogP contribution is -2.22. The molecular weight excluding hydrogens is 362 g/mol. The van der Waals surface area contributed by atoms with E-state index in [1.807, 2.05) is 32.0 Å². The van der Waals surface area contributed by atoms with Crippen LogP contribution < -0.4 is 10.1 Å². The van der Waals surface area contributed by atoms with Gasteiger partial charge in [-0.05, 0) is 43.2 Å². The van der Waals surface area contributed by atoms with Crippen LogP contribution in [0.3, 0.4) is 0 Å². The third-order valence-electron chi connectivity index (χ3n) is 3.24. The van der Waals surface area contributed by atoms with E-state index in [0.29, 0.717) is 10.2 Å².